The molecule has 1 unspecified atom stereocenters. The second kappa shape index (κ2) is 5.88. The summed E-state index contributed by atoms with van der Waals surface area (Å²) in [7, 11) is -2.20. The van der Waals surface area contributed by atoms with Crippen LogP contribution in [0.4, 0.5) is 5.69 Å². The third-order valence-electron chi connectivity index (χ3n) is 2.51. The fourth-order valence-corrected chi connectivity index (χ4v) is 3.09. The van der Waals surface area contributed by atoms with Crippen LogP contribution in [-0.2, 0) is 10.0 Å². The lowest BCUT2D eigenvalue weighted by atomic mass is 10.3. The summed E-state index contributed by atoms with van der Waals surface area (Å²) in [6.07, 6.45) is -0.188. The Morgan fingerprint density at radius 1 is 1.50 bits per heavy atom. The molecule has 1 atom stereocenters. The van der Waals surface area contributed by atoms with E-state index in [1.807, 2.05) is 0 Å². The van der Waals surface area contributed by atoms with E-state index in [2.05, 4.69) is 0 Å². The van der Waals surface area contributed by atoms with Gasteiger partial charge < -0.3 is 10.8 Å². The number of aliphatic hydroxyl groups is 1. The molecule has 18 heavy (non-hydrogen) atoms. The zero-order chi connectivity index (χ0) is 13.9. The molecule has 0 aliphatic carbocycles. The van der Waals surface area contributed by atoms with Crippen molar-refractivity contribution < 1.29 is 13.5 Å². The number of halogens is 1. The summed E-state index contributed by atoms with van der Waals surface area (Å²) < 4.78 is 25.6. The Morgan fingerprint density at radius 3 is 2.61 bits per heavy atom. The molecule has 0 aliphatic rings. The van der Waals surface area contributed by atoms with E-state index < -0.39 is 16.1 Å². The number of rotatable bonds is 5. The Hall–Kier alpha value is -0.820. The smallest absolute Gasteiger partial charge is 0.244 e. The van der Waals surface area contributed by atoms with Crippen molar-refractivity contribution in [2.24, 2.45) is 0 Å². The van der Waals surface area contributed by atoms with Gasteiger partial charge in [0.25, 0.3) is 0 Å². The first kappa shape index (κ1) is 15.2. The van der Waals surface area contributed by atoms with Crippen molar-refractivity contribution in [3.63, 3.8) is 0 Å². The molecule has 5 nitrogen and oxygen atoms in total. The predicted molar refractivity (Wildman–Crippen MR) is 72.0 cm³/mol. The topological polar surface area (TPSA) is 83.6 Å². The summed E-state index contributed by atoms with van der Waals surface area (Å²) in [6.45, 7) is 1.83. The number of benzene rings is 1. The van der Waals surface area contributed by atoms with Crippen LogP contribution >= 0.6 is 11.6 Å². The summed E-state index contributed by atoms with van der Waals surface area (Å²) in [6, 6.07) is 4.27. The Labute approximate surface area is 112 Å². The van der Waals surface area contributed by atoms with Crippen LogP contribution in [0.15, 0.2) is 23.1 Å². The number of nitrogen functional groups attached to an aromatic ring is 1. The summed E-state index contributed by atoms with van der Waals surface area (Å²) in [4.78, 5) is 0.0199. The third-order valence-corrected chi connectivity index (χ3v) is 4.85. The molecule has 0 saturated carbocycles. The number of nitrogens with two attached hydrogens (primary N) is 1. The van der Waals surface area contributed by atoms with Gasteiger partial charge in [-0.1, -0.05) is 11.6 Å². The number of hydrogen-bond acceptors (Lipinski definition) is 4. The molecule has 0 bridgehead atoms. The normalized spacial score (nSPS) is 13.8. The van der Waals surface area contributed by atoms with Crippen molar-refractivity contribution in [1.82, 2.24) is 4.31 Å². The molecule has 1 aromatic carbocycles. The summed E-state index contributed by atoms with van der Waals surface area (Å²) in [5.74, 6) is 0. The van der Waals surface area contributed by atoms with E-state index in [0.29, 0.717) is 12.1 Å². The van der Waals surface area contributed by atoms with Crippen molar-refractivity contribution in [3.8, 4) is 0 Å². The molecule has 1 aromatic rings. The van der Waals surface area contributed by atoms with Gasteiger partial charge in [-0.2, -0.15) is 0 Å². The molecule has 0 heterocycles. The van der Waals surface area contributed by atoms with Crippen LogP contribution in [0.3, 0.4) is 0 Å². The molecule has 0 aromatic heterocycles. The maximum Gasteiger partial charge on any atom is 0.244 e. The quantitative estimate of drug-likeness (QED) is 0.802. The lowest BCUT2D eigenvalue weighted by Crippen LogP contribution is -2.29. The van der Waals surface area contributed by atoms with Crippen LogP contribution in [0.5, 0.6) is 0 Å². The summed E-state index contributed by atoms with van der Waals surface area (Å²) >= 11 is 5.89. The van der Waals surface area contributed by atoms with Gasteiger partial charge in [0.05, 0.1) is 11.1 Å². The molecule has 0 spiro atoms. The molecular formula is C11H17ClN2O3S. The Morgan fingerprint density at radius 2 is 2.11 bits per heavy atom. The number of sulfonamides is 1. The van der Waals surface area contributed by atoms with E-state index in [9.17, 15) is 8.42 Å². The fourth-order valence-electron chi connectivity index (χ4n) is 1.38. The molecule has 1 rings (SSSR count). The van der Waals surface area contributed by atoms with E-state index >= 15 is 0 Å². The summed E-state index contributed by atoms with van der Waals surface area (Å²) in [5, 5.41) is 9.26. The first-order valence-corrected chi connectivity index (χ1v) is 7.26. The predicted octanol–water partition coefficient (Wildman–Crippen LogP) is 1.31. The van der Waals surface area contributed by atoms with Crippen LogP contribution in [0, 0.1) is 0 Å². The first-order chi connectivity index (χ1) is 8.25. The van der Waals surface area contributed by atoms with Gasteiger partial charge in [-0.15, -0.1) is 0 Å². The molecule has 7 heteroatoms. The maximum atomic E-state index is 12.2. The molecular weight excluding hydrogens is 276 g/mol. The highest BCUT2D eigenvalue weighted by Crippen LogP contribution is 2.26. The SMILES string of the molecule is CC(O)CCN(C)S(=O)(=O)c1ccc(N)cc1Cl. The van der Waals surface area contributed by atoms with Crippen molar-refractivity contribution in [2.45, 2.75) is 24.3 Å². The standard InChI is InChI=1S/C11H17ClN2O3S/c1-8(15)5-6-14(2)18(16,17)11-4-3-9(13)7-10(11)12/h3-4,7-8,15H,5-6,13H2,1-2H3. The van der Waals surface area contributed by atoms with Crippen LogP contribution < -0.4 is 5.73 Å². The van der Waals surface area contributed by atoms with Crippen LogP contribution in [0.1, 0.15) is 13.3 Å². The highest BCUT2D eigenvalue weighted by molar-refractivity contribution is 7.89. The van der Waals surface area contributed by atoms with E-state index in [0.717, 1.165) is 4.31 Å². The largest absolute Gasteiger partial charge is 0.399 e. The van der Waals surface area contributed by atoms with Gasteiger partial charge >= 0.3 is 0 Å². The van der Waals surface area contributed by atoms with E-state index in [-0.39, 0.29) is 16.5 Å². The number of aliphatic hydroxyl groups excluding tert-OH is 1. The first-order valence-electron chi connectivity index (χ1n) is 5.44. The molecule has 0 amide bonds. The second-order valence-electron chi connectivity index (χ2n) is 4.15. The van der Waals surface area contributed by atoms with Crippen molar-refractivity contribution in [3.05, 3.63) is 23.2 Å². The van der Waals surface area contributed by atoms with Crippen LogP contribution in [0.25, 0.3) is 0 Å². The van der Waals surface area contributed by atoms with Gasteiger partial charge in [-0.05, 0) is 31.5 Å². The highest BCUT2D eigenvalue weighted by Gasteiger charge is 2.23. The minimum Gasteiger partial charge on any atom is -0.399 e. The monoisotopic (exact) mass is 292 g/mol. The molecule has 0 saturated heterocycles. The van der Waals surface area contributed by atoms with Crippen LogP contribution in [-0.4, -0.2) is 37.5 Å². The Balaban J connectivity index is 2.98. The molecule has 0 fully saturated rings. The van der Waals surface area contributed by atoms with Crippen molar-refractivity contribution in [1.29, 1.82) is 0 Å². The fraction of sp³-hybridized carbons (Fsp3) is 0.455. The highest BCUT2D eigenvalue weighted by atomic mass is 35.5. The van der Waals surface area contributed by atoms with Gasteiger partial charge in [0, 0.05) is 19.3 Å². The third kappa shape index (κ3) is 3.58. The molecule has 0 aliphatic heterocycles. The molecule has 3 N–H and O–H groups in total. The van der Waals surface area contributed by atoms with Gasteiger partial charge in [0.15, 0.2) is 0 Å². The number of nitrogens with zero attached hydrogens (tertiary/aromatic N) is 1. The van der Waals surface area contributed by atoms with Crippen molar-refractivity contribution >= 4 is 27.3 Å². The van der Waals surface area contributed by atoms with Gasteiger partial charge in [-0.3, -0.25) is 0 Å². The van der Waals surface area contributed by atoms with Crippen LogP contribution in [0.2, 0.25) is 5.02 Å². The molecule has 102 valence electrons. The number of anilines is 1. The molecule has 0 radical (unpaired) electrons. The second-order valence-corrected chi connectivity index (χ2v) is 6.57. The van der Waals surface area contributed by atoms with E-state index in [1.165, 1.54) is 25.2 Å². The number of hydrogen-bond donors (Lipinski definition) is 2. The van der Waals surface area contributed by atoms with Crippen molar-refractivity contribution in [2.75, 3.05) is 19.3 Å². The minimum atomic E-state index is -3.65. The minimum absolute atomic E-state index is 0.0199. The zero-order valence-corrected chi connectivity index (χ0v) is 11.9. The van der Waals surface area contributed by atoms with E-state index in [4.69, 9.17) is 22.4 Å². The Bertz CT molecular complexity index is 517. The van der Waals surface area contributed by atoms with Gasteiger partial charge in [-0.25, -0.2) is 12.7 Å². The lowest BCUT2D eigenvalue weighted by molar-refractivity contribution is 0.177. The lowest BCUT2D eigenvalue weighted by Gasteiger charge is -2.18. The average molecular weight is 293 g/mol. The summed E-state index contributed by atoms with van der Waals surface area (Å²) in [5.41, 5.74) is 5.93. The maximum absolute atomic E-state index is 12.2. The average Bonchev–Trinajstić information content (AvgIpc) is 2.24. The van der Waals surface area contributed by atoms with E-state index in [1.54, 1.807) is 6.92 Å². The Kier molecular flexibility index (Phi) is 4.98. The van der Waals surface area contributed by atoms with Gasteiger partial charge in [0.1, 0.15) is 4.90 Å². The van der Waals surface area contributed by atoms with Gasteiger partial charge in [0.2, 0.25) is 10.0 Å². The zero-order valence-electron chi connectivity index (χ0n) is 10.3.